The van der Waals surface area contributed by atoms with Crippen LogP contribution in [0.3, 0.4) is 0 Å². The number of carbonyl (C=O) groups is 1. The maximum atomic E-state index is 11.5. The molecular formula is C20H32N2O2. The Morgan fingerprint density at radius 1 is 1.21 bits per heavy atom. The molecule has 0 aliphatic carbocycles. The number of nitrogens with one attached hydrogen (secondary N) is 1. The molecule has 1 heterocycles. The topological polar surface area (TPSA) is 41.6 Å². The van der Waals surface area contributed by atoms with Crippen LogP contribution in [-0.2, 0) is 11.3 Å². The van der Waals surface area contributed by atoms with Gasteiger partial charge < -0.3 is 10.1 Å². The van der Waals surface area contributed by atoms with Crippen LogP contribution >= 0.6 is 0 Å². The average Bonchev–Trinajstić information content (AvgIpc) is 2.54. The molecule has 0 atom stereocenters. The van der Waals surface area contributed by atoms with E-state index in [1.165, 1.54) is 24.8 Å². The van der Waals surface area contributed by atoms with E-state index >= 15 is 0 Å². The molecule has 1 amide bonds. The standard InChI is InChI=1S/C20H32N2O2/c1-16(2)7-5-4-6-12-24-19-10-8-17(9-11-19)13-22-14-18(15-22)20(23)21-3/h8-11,16,18H,4-7,12-15H2,1-3H3,(H,21,23). The fraction of sp³-hybridized carbons (Fsp3) is 0.650. The molecule has 1 aliphatic heterocycles. The molecule has 0 saturated carbocycles. The molecule has 134 valence electrons. The molecule has 0 aromatic heterocycles. The van der Waals surface area contributed by atoms with Crippen molar-refractivity contribution in [1.29, 1.82) is 0 Å². The lowest BCUT2D eigenvalue weighted by Gasteiger charge is -2.38. The first-order valence-electron chi connectivity index (χ1n) is 9.24. The summed E-state index contributed by atoms with van der Waals surface area (Å²) < 4.78 is 5.81. The smallest absolute Gasteiger partial charge is 0.225 e. The van der Waals surface area contributed by atoms with Crippen molar-refractivity contribution < 1.29 is 9.53 Å². The Kier molecular flexibility index (Phi) is 7.57. The van der Waals surface area contributed by atoms with Gasteiger partial charge in [0.2, 0.25) is 5.91 Å². The number of amides is 1. The number of hydrogen-bond acceptors (Lipinski definition) is 3. The van der Waals surface area contributed by atoms with Gasteiger partial charge in [-0.15, -0.1) is 0 Å². The number of rotatable bonds is 10. The quantitative estimate of drug-likeness (QED) is 0.667. The van der Waals surface area contributed by atoms with Crippen LogP contribution in [0.4, 0.5) is 0 Å². The van der Waals surface area contributed by atoms with Crippen molar-refractivity contribution in [3.63, 3.8) is 0 Å². The van der Waals surface area contributed by atoms with Gasteiger partial charge in [-0.05, 0) is 30.0 Å². The van der Waals surface area contributed by atoms with Gasteiger partial charge in [0, 0.05) is 26.7 Å². The van der Waals surface area contributed by atoms with E-state index < -0.39 is 0 Å². The Morgan fingerprint density at radius 2 is 1.92 bits per heavy atom. The Hall–Kier alpha value is -1.55. The molecule has 4 nitrogen and oxygen atoms in total. The first-order chi connectivity index (χ1) is 11.6. The average molecular weight is 332 g/mol. The summed E-state index contributed by atoms with van der Waals surface area (Å²) in [6.45, 7) is 7.97. The number of benzene rings is 1. The number of nitrogens with zero attached hydrogens (tertiary/aromatic N) is 1. The third kappa shape index (κ3) is 6.16. The number of carbonyl (C=O) groups excluding carboxylic acids is 1. The molecule has 0 spiro atoms. The van der Waals surface area contributed by atoms with E-state index in [2.05, 4.69) is 48.3 Å². The highest BCUT2D eigenvalue weighted by Gasteiger charge is 2.31. The van der Waals surface area contributed by atoms with Crippen molar-refractivity contribution >= 4 is 5.91 Å². The predicted molar refractivity (Wildman–Crippen MR) is 98.1 cm³/mol. The van der Waals surface area contributed by atoms with E-state index in [0.717, 1.165) is 44.3 Å². The van der Waals surface area contributed by atoms with E-state index in [-0.39, 0.29) is 11.8 Å². The molecule has 4 heteroatoms. The van der Waals surface area contributed by atoms with Gasteiger partial charge in [-0.1, -0.05) is 45.2 Å². The fourth-order valence-electron chi connectivity index (χ4n) is 3.04. The monoisotopic (exact) mass is 332 g/mol. The zero-order valence-electron chi connectivity index (χ0n) is 15.4. The van der Waals surface area contributed by atoms with Crippen molar-refractivity contribution in [2.45, 2.75) is 46.1 Å². The predicted octanol–water partition coefficient (Wildman–Crippen LogP) is 3.46. The molecule has 1 aromatic carbocycles. The summed E-state index contributed by atoms with van der Waals surface area (Å²) in [5, 5.41) is 2.71. The van der Waals surface area contributed by atoms with Crippen molar-refractivity contribution in [2.75, 3.05) is 26.7 Å². The zero-order valence-corrected chi connectivity index (χ0v) is 15.4. The molecule has 0 bridgehead atoms. The van der Waals surface area contributed by atoms with E-state index in [4.69, 9.17) is 4.74 Å². The second kappa shape index (κ2) is 9.67. The summed E-state index contributed by atoms with van der Waals surface area (Å²) in [6, 6.07) is 8.36. The van der Waals surface area contributed by atoms with Crippen LogP contribution in [-0.4, -0.2) is 37.6 Å². The number of likely N-dealkylation sites (tertiary alicyclic amines) is 1. The number of ether oxygens (including phenoxy) is 1. The van der Waals surface area contributed by atoms with Gasteiger partial charge in [0.05, 0.1) is 12.5 Å². The highest BCUT2D eigenvalue weighted by molar-refractivity contribution is 5.79. The van der Waals surface area contributed by atoms with Gasteiger partial charge in [-0.25, -0.2) is 0 Å². The summed E-state index contributed by atoms with van der Waals surface area (Å²) >= 11 is 0. The summed E-state index contributed by atoms with van der Waals surface area (Å²) in [4.78, 5) is 13.8. The molecule has 1 N–H and O–H groups in total. The van der Waals surface area contributed by atoms with Crippen LogP contribution in [0.25, 0.3) is 0 Å². The van der Waals surface area contributed by atoms with E-state index in [1.54, 1.807) is 7.05 Å². The summed E-state index contributed by atoms with van der Waals surface area (Å²) in [6.07, 6.45) is 4.99. The second-order valence-corrected chi connectivity index (χ2v) is 7.24. The summed E-state index contributed by atoms with van der Waals surface area (Å²) in [5.41, 5.74) is 1.27. The van der Waals surface area contributed by atoms with Crippen molar-refractivity contribution in [2.24, 2.45) is 11.8 Å². The van der Waals surface area contributed by atoms with Gasteiger partial charge in [0.1, 0.15) is 5.75 Å². The minimum Gasteiger partial charge on any atom is -0.494 e. The Labute approximate surface area is 146 Å². The van der Waals surface area contributed by atoms with Crippen LogP contribution in [0, 0.1) is 11.8 Å². The third-order valence-corrected chi connectivity index (χ3v) is 4.60. The van der Waals surface area contributed by atoms with Crippen molar-refractivity contribution in [1.82, 2.24) is 10.2 Å². The maximum Gasteiger partial charge on any atom is 0.225 e. The van der Waals surface area contributed by atoms with E-state index in [9.17, 15) is 4.79 Å². The normalized spacial score (nSPS) is 15.3. The van der Waals surface area contributed by atoms with Crippen molar-refractivity contribution in [3.8, 4) is 5.75 Å². The number of unbranched alkanes of at least 4 members (excludes halogenated alkanes) is 2. The lowest BCUT2D eigenvalue weighted by atomic mass is 9.98. The second-order valence-electron chi connectivity index (χ2n) is 7.24. The van der Waals surface area contributed by atoms with E-state index in [1.807, 2.05) is 0 Å². The Balaban J connectivity index is 1.60. The van der Waals surface area contributed by atoms with E-state index in [0.29, 0.717) is 0 Å². The summed E-state index contributed by atoms with van der Waals surface area (Å²) in [7, 11) is 1.70. The molecule has 1 fully saturated rings. The van der Waals surface area contributed by atoms with Crippen LogP contribution in [0.15, 0.2) is 24.3 Å². The van der Waals surface area contributed by atoms with Gasteiger partial charge in [-0.2, -0.15) is 0 Å². The Bertz CT molecular complexity index is 493. The third-order valence-electron chi connectivity index (χ3n) is 4.60. The zero-order chi connectivity index (χ0) is 17.4. The molecule has 0 unspecified atom stereocenters. The summed E-state index contributed by atoms with van der Waals surface area (Å²) in [5.74, 6) is 2.07. The highest BCUT2D eigenvalue weighted by atomic mass is 16.5. The van der Waals surface area contributed by atoms with Crippen LogP contribution in [0.1, 0.15) is 45.1 Å². The molecular weight excluding hydrogens is 300 g/mol. The highest BCUT2D eigenvalue weighted by Crippen LogP contribution is 2.20. The molecule has 0 radical (unpaired) electrons. The molecule has 24 heavy (non-hydrogen) atoms. The maximum absolute atomic E-state index is 11.5. The van der Waals surface area contributed by atoms with Gasteiger partial charge in [0.15, 0.2) is 0 Å². The molecule has 1 aromatic rings. The number of hydrogen-bond donors (Lipinski definition) is 1. The molecule has 1 aliphatic rings. The molecule has 2 rings (SSSR count). The van der Waals surface area contributed by atoms with Gasteiger partial charge >= 0.3 is 0 Å². The van der Waals surface area contributed by atoms with Crippen molar-refractivity contribution in [3.05, 3.63) is 29.8 Å². The molecule has 1 saturated heterocycles. The lowest BCUT2D eigenvalue weighted by Crippen LogP contribution is -2.52. The lowest BCUT2D eigenvalue weighted by molar-refractivity contribution is -0.129. The van der Waals surface area contributed by atoms with Crippen LogP contribution < -0.4 is 10.1 Å². The van der Waals surface area contributed by atoms with Crippen LogP contribution in [0.2, 0.25) is 0 Å². The Morgan fingerprint density at radius 3 is 2.54 bits per heavy atom. The minimum absolute atomic E-state index is 0.156. The fourth-order valence-corrected chi connectivity index (χ4v) is 3.04. The first-order valence-corrected chi connectivity index (χ1v) is 9.24. The first kappa shape index (κ1) is 18.8. The van der Waals surface area contributed by atoms with Gasteiger partial charge in [0.25, 0.3) is 0 Å². The van der Waals surface area contributed by atoms with Gasteiger partial charge in [-0.3, -0.25) is 9.69 Å². The van der Waals surface area contributed by atoms with Crippen LogP contribution in [0.5, 0.6) is 5.75 Å². The SMILES string of the molecule is CNC(=O)C1CN(Cc2ccc(OCCCCCC(C)C)cc2)C1. The minimum atomic E-state index is 0.156. The largest absolute Gasteiger partial charge is 0.494 e.